The lowest BCUT2D eigenvalue weighted by Gasteiger charge is -2.21. The van der Waals surface area contributed by atoms with Crippen LogP contribution in [0.5, 0.6) is 0 Å². The fraction of sp³-hybridized carbons (Fsp3) is 0.500. The van der Waals surface area contributed by atoms with E-state index in [1.165, 1.54) is 6.92 Å². The van der Waals surface area contributed by atoms with Crippen LogP contribution in [0.1, 0.15) is 25.8 Å². The maximum Gasteiger partial charge on any atom is 0.416 e. The second-order valence-electron chi connectivity index (χ2n) is 4.82. The maximum atomic E-state index is 12.6. The first-order chi connectivity index (χ1) is 9.39. The van der Waals surface area contributed by atoms with E-state index in [0.717, 1.165) is 6.07 Å². The summed E-state index contributed by atoms with van der Waals surface area (Å²) in [7, 11) is -4.26. The van der Waals surface area contributed by atoms with Crippen molar-refractivity contribution >= 4 is 21.6 Å². The summed E-state index contributed by atoms with van der Waals surface area (Å²) in [5.41, 5.74) is -2.42. The number of hydrogen-bond acceptors (Lipinski definition) is 3. The van der Waals surface area contributed by atoms with E-state index in [1.807, 2.05) is 0 Å². The SMILES string of the molecule is CCC(C)(O)CNS(=O)(=O)c1cc(C(F)(F)F)ccc1Cl. The Morgan fingerprint density at radius 2 is 1.90 bits per heavy atom. The van der Waals surface area contributed by atoms with Crippen molar-refractivity contribution in [3.05, 3.63) is 28.8 Å². The van der Waals surface area contributed by atoms with Crippen molar-refractivity contribution in [2.24, 2.45) is 0 Å². The fourth-order valence-electron chi connectivity index (χ4n) is 1.34. The number of aliphatic hydroxyl groups is 1. The average molecular weight is 346 g/mol. The molecule has 1 atom stereocenters. The molecular weight excluding hydrogens is 331 g/mol. The summed E-state index contributed by atoms with van der Waals surface area (Å²) in [4.78, 5) is -0.675. The minimum Gasteiger partial charge on any atom is -0.389 e. The van der Waals surface area contributed by atoms with Crippen LogP contribution in [0.25, 0.3) is 0 Å². The number of benzene rings is 1. The van der Waals surface area contributed by atoms with Gasteiger partial charge >= 0.3 is 6.18 Å². The Balaban J connectivity index is 3.14. The van der Waals surface area contributed by atoms with Gasteiger partial charge in [-0.15, -0.1) is 0 Å². The molecular formula is C12H15ClF3NO3S. The van der Waals surface area contributed by atoms with Crippen molar-refractivity contribution in [1.82, 2.24) is 4.72 Å². The van der Waals surface area contributed by atoms with Gasteiger partial charge in [-0.1, -0.05) is 18.5 Å². The molecule has 120 valence electrons. The molecule has 0 aliphatic heterocycles. The van der Waals surface area contributed by atoms with Crippen LogP contribution >= 0.6 is 11.6 Å². The zero-order valence-corrected chi connectivity index (χ0v) is 12.9. The Morgan fingerprint density at radius 1 is 1.33 bits per heavy atom. The third kappa shape index (κ3) is 4.84. The Kier molecular flexibility index (Phi) is 5.31. The minimum absolute atomic E-state index is 0.270. The summed E-state index contributed by atoms with van der Waals surface area (Å²) in [6.07, 6.45) is -4.41. The van der Waals surface area contributed by atoms with Crippen molar-refractivity contribution in [2.45, 2.75) is 36.9 Å². The number of alkyl halides is 3. The van der Waals surface area contributed by atoms with Gasteiger partial charge in [-0.3, -0.25) is 0 Å². The van der Waals surface area contributed by atoms with Gasteiger partial charge in [0.1, 0.15) is 4.90 Å². The first kappa shape index (κ1) is 18.2. The van der Waals surface area contributed by atoms with E-state index >= 15 is 0 Å². The molecule has 1 rings (SSSR count). The van der Waals surface area contributed by atoms with Gasteiger partial charge in [-0.25, -0.2) is 13.1 Å². The van der Waals surface area contributed by atoms with Crippen LogP contribution in [-0.2, 0) is 16.2 Å². The normalized spacial score (nSPS) is 15.8. The third-order valence-electron chi connectivity index (χ3n) is 2.95. The largest absolute Gasteiger partial charge is 0.416 e. The van der Waals surface area contributed by atoms with Crippen LogP contribution in [0.2, 0.25) is 5.02 Å². The Labute approximate surface area is 126 Å². The summed E-state index contributed by atoms with van der Waals surface area (Å²) in [5.74, 6) is 0. The number of halogens is 4. The molecule has 0 amide bonds. The van der Waals surface area contributed by atoms with Crippen molar-refractivity contribution in [1.29, 1.82) is 0 Å². The smallest absolute Gasteiger partial charge is 0.389 e. The molecule has 9 heteroatoms. The monoisotopic (exact) mass is 345 g/mol. The van der Waals surface area contributed by atoms with Gasteiger partial charge < -0.3 is 5.11 Å². The molecule has 0 spiro atoms. The zero-order valence-electron chi connectivity index (χ0n) is 11.3. The topological polar surface area (TPSA) is 66.4 Å². The first-order valence-electron chi connectivity index (χ1n) is 5.98. The van der Waals surface area contributed by atoms with Crippen molar-refractivity contribution in [3.63, 3.8) is 0 Å². The van der Waals surface area contributed by atoms with Gasteiger partial charge in [0.25, 0.3) is 0 Å². The summed E-state index contributed by atoms with van der Waals surface area (Å²) < 4.78 is 64.0. The van der Waals surface area contributed by atoms with Crippen LogP contribution in [0.3, 0.4) is 0 Å². The quantitative estimate of drug-likeness (QED) is 0.862. The molecule has 0 saturated heterocycles. The predicted molar refractivity (Wildman–Crippen MR) is 72.6 cm³/mol. The van der Waals surface area contributed by atoms with E-state index < -0.39 is 32.3 Å². The molecule has 0 bridgehead atoms. The molecule has 0 saturated carbocycles. The Hall–Kier alpha value is -0.830. The van der Waals surface area contributed by atoms with E-state index in [4.69, 9.17) is 11.6 Å². The maximum absolute atomic E-state index is 12.6. The van der Waals surface area contributed by atoms with Crippen molar-refractivity contribution in [2.75, 3.05) is 6.54 Å². The second-order valence-corrected chi connectivity index (χ2v) is 6.96. The third-order valence-corrected chi connectivity index (χ3v) is 4.84. The Bertz CT molecular complexity index is 615. The molecule has 0 fully saturated rings. The summed E-state index contributed by atoms with van der Waals surface area (Å²) in [6.45, 7) is 2.72. The molecule has 1 aromatic carbocycles. The standard InChI is InChI=1S/C12H15ClF3NO3S/c1-3-11(2,18)7-17-21(19,20)10-6-8(12(14,15)16)4-5-9(10)13/h4-6,17-18H,3,7H2,1-2H3. The zero-order chi connectivity index (χ0) is 16.5. The van der Waals surface area contributed by atoms with E-state index in [1.54, 1.807) is 6.92 Å². The Morgan fingerprint density at radius 3 is 2.38 bits per heavy atom. The van der Waals surface area contributed by atoms with Gasteiger partial charge in [-0.05, 0) is 31.5 Å². The van der Waals surface area contributed by atoms with Gasteiger partial charge in [0, 0.05) is 6.54 Å². The van der Waals surface area contributed by atoms with E-state index in [9.17, 15) is 26.7 Å². The molecule has 1 unspecified atom stereocenters. The van der Waals surface area contributed by atoms with Gasteiger partial charge in [-0.2, -0.15) is 13.2 Å². The average Bonchev–Trinajstić information content (AvgIpc) is 2.35. The summed E-state index contributed by atoms with van der Waals surface area (Å²) >= 11 is 5.67. The van der Waals surface area contributed by atoms with Crippen LogP contribution in [0, 0.1) is 0 Å². The van der Waals surface area contributed by atoms with Crippen LogP contribution in [-0.4, -0.2) is 25.7 Å². The lowest BCUT2D eigenvalue weighted by molar-refractivity contribution is -0.137. The highest BCUT2D eigenvalue weighted by Gasteiger charge is 2.33. The molecule has 0 heterocycles. The van der Waals surface area contributed by atoms with Gasteiger partial charge in [0.05, 0.1) is 16.2 Å². The lowest BCUT2D eigenvalue weighted by atomic mass is 10.1. The van der Waals surface area contributed by atoms with E-state index in [0.29, 0.717) is 12.1 Å². The fourth-order valence-corrected chi connectivity index (χ4v) is 3.02. The van der Waals surface area contributed by atoms with E-state index in [2.05, 4.69) is 4.72 Å². The number of hydrogen-bond donors (Lipinski definition) is 2. The molecule has 0 aromatic heterocycles. The molecule has 2 N–H and O–H groups in total. The summed E-state index contributed by atoms with van der Waals surface area (Å²) in [5, 5.41) is 9.42. The van der Waals surface area contributed by atoms with Gasteiger partial charge in [0.2, 0.25) is 10.0 Å². The summed E-state index contributed by atoms with van der Waals surface area (Å²) in [6, 6.07) is 2.03. The molecule has 0 radical (unpaired) electrons. The molecule has 0 aliphatic carbocycles. The van der Waals surface area contributed by atoms with Crippen molar-refractivity contribution in [3.8, 4) is 0 Å². The van der Waals surface area contributed by atoms with Crippen LogP contribution in [0.4, 0.5) is 13.2 Å². The van der Waals surface area contributed by atoms with Crippen LogP contribution < -0.4 is 4.72 Å². The van der Waals surface area contributed by atoms with Gasteiger partial charge in [0.15, 0.2) is 0 Å². The minimum atomic E-state index is -4.68. The number of sulfonamides is 1. The molecule has 1 aromatic rings. The van der Waals surface area contributed by atoms with Crippen LogP contribution in [0.15, 0.2) is 23.1 Å². The van der Waals surface area contributed by atoms with Crippen molar-refractivity contribution < 1.29 is 26.7 Å². The highest BCUT2D eigenvalue weighted by atomic mass is 35.5. The molecule has 21 heavy (non-hydrogen) atoms. The highest BCUT2D eigenvalue weighted by molar-refractivity contribution is 7.89. The number of nitrogens with one attached hydrogen (secondary N) is 1. The van der Waals surface area contributed by atoms with E-state index in [-0.39, 0.29) is 18.0 Å². The number of rotatable bonds is 5. The second kappa shape index (κ2) is 6.12. The predicted octanol–water partition coefficient (Wildman–Crippen LogP) is 2.80. The lowest BCUT2D eigenvalue weighted by Crippen LogP contribution is -2.40. The first-order valence-corrected chi connectivity index (χ1v) is 7.84. The highest BCUT2D eigenvalue weighted by Crippen LogP contribution is 2.33. The molecule has 4 nitrogen and oxygen atoms in total. The molecule has 0 aliphatic rings.